The molecule has 5 N–H and O–H groups in total. The number of rotatable bonds is 22. The molecule has 3 aliphatic heterocycles. The Labute approximate surface area is 392 Å². The highest BCUT2D eigenvalue weighted by Crippen LogP contribution is 2.48. The number of hydrogen-bond acceptors (Lipinski definition) is 11. The van der Waals surface area contributed by atoms with Gasteiger partial charge in [-0.3, -0.25) is 27.8 Å². The van der Waals surface area contributed by atoms with Crippen molar-refractivity contribution >= 4 is 69.4 Å². The molecular weight excluding hydrogens is 949 g/mol. The minimum atomic E-state index is -4.58. The Balaban J connectivity index is 1.42. The number of anilines is 1. The Morgan fingerprint density at radius 1 is 0.746 bits per heavy atom. The Morgan fingerprint density at radius 3 is 1.96 bits per heavy atom. The van der Waals surface area contributed by atoms with Gasteiger partial charge in [0.25, 0.3) is 46.4 Å². The molecule has 3 aliphatic rings. The molecule has 0 atom stereocenters. The van der Waals surface area contributed by atoms with Crippen molar-refractivity contribution in [3.63, 3.8) is 0 Å². The number of amides is 2. The zero-order chi connectivity index (χ0) is 49.8. The van der Waals surface area contributed by atoms with Crippen LogP contribution in [0.5, 0.6) is 0 Å². The standard InChI is InChI=1S/C45H56N4O14S4/c1-32-18-23-43(51)47(32)25-24-46-42(50)17-9-7-6-8-12-33(13-10-15-40-44(2,3)36-30-34(66(58,59)60)19-21-38(36)48(40)26-28-64(52,53)54)14-11-16-41-45(4,5)37-31-35(67(61,62)63)20-22-39(37)49(41)27-29-65(55,56)57/h10-11,13-16,18-23,30-31H,1,6-9,12,17,24-29H2,2-5H3,(H4-,46,50,52,53,54,55,56,57,58,59,60,61,62,63)/p+1. The van der Waals surface area contributed by atoms with Crippen LogP contribution in [-0.2, 0) is 60.9 Å². The van der Waals surface area contributed by atoms with Gasteiger partial charge in [-0.2, -0.15) is 38.2 Å². The van der Waals surface area contributed by atoms with E-state index in [9.17, 15) is 61.5 Å². The van der Waals surface area contributed by atoms with Gasteiger partial charge in [0.2, 0.25) is 11.6 Å². The fourth-order valence-corrected chi connectivity index (χ4v) is 10.2. The van der Waals surface area contributed by atoms with E-state index in [1.54, 1.807) is 67.6 Å². The quantitative estimate of drug-likeness (QED) is 0.0426. The topological polar surface area (TPSA) is 273 Å². The number of fused-ring (bicyclic) bond motifs is 2. The summed E-state index contributed by atoms with van der Waals surface area (Å²) >= 11 is 0. The molecule has 0 bridgehead atoms. The van der Waals surface area contributed by atoms with Gasteiger partial charge in [-0.25, -0.2) is 0 Å². The van der Waals surface area contributed by atoms with Gasteiger partial charge in [0.05, 0.1) is 21.0 Å². The molecular formula is C45H57N4O14S4+. The number of allylic oxidation sites excluding steroid dienone is 9. The second-order valence-corrected chi connectivity index (χ2v) is 23.4. The van der Waals surface area contributed by atoms with E-state index >= 15 is 0 Å². The van der Waals surface area contributed by atoms with Crippen molar-refractivity contribution in [2.75, 3.05) is 42.6 Å². The van der Waals surface area contributed by atoms with Gasteiger partial charge in [0.15, 0.2) is 12.3 Å². The molecule has 0 aliphatic carbocycles. The Bertz CT molecular complexity index is 2950. The predicted octanol–water partition coefficient (Wildman–Crippen LogP) is 5.42. The summed E-state index contributed by atoms with van der Waals surface area (Å²) < 4.78 is 136. The number of benzene rings is 2. The molecule has 0 unspecified atom stereocenters. The molecule has 2 aromatic rings. The summed E-state index contributed by atoms with van der Waals surface area (Å²) in [6.45, 7) is 11.3. The lowest BCUT2D eigenvalue weighted by molar-refractivity contribution is -0.432. The normalized spacial score (nSPS) is 18.0. The lowest BCUT2D eigenvalue weighted by Crippen LogP contribution is -2.34. The predicted molar refractivity (Wildman–Crippen MR) is 254 cm³/mol. The van der Waals surface area contributed by atoms with Crippen LogP contribution in [-0.4, -0.2) is 117 Å². The van der Waals surface area contributed by atoms with Crippen LogP contribution in [0, 0.1) is 0 Å². The van der Waals surface area contributed by atoms with Crippen LogP contribution in [0.3, 0.4) is 0 Å². The number of carbonyl (C=O) groups is 2. The minimum absolute atomic E-state index is 0.141. The number of unbranched alkanes of at least 4 members (excludes halogenated alkanes) is 3. The Hall–Kier alpha value is -5.07. The van der Waals surface area contributed by atoms with Crippen LogP contribution < -0.4 is 10.2 Å². The zero-order valence-electron chi connectivity index (χ0n) is 37.6. The van der Waals surface area contributed by atoms with Gasteiger partial charge in [-0.05, 0) is 86.7 Å². The fourth-order valence-electron chi connectivity index (χ4n) is 8.38. The Morgan fingerprint density at radius 2 is 1.36 bits per heavy atom. The number of carbonyl (C=O) groups excluding carboxylic acids is 2. The summed E-state index contributed by atoms with van der Waals surface area (Å²) in [6.07, 6.45) is 17.3. The van der Waals surface area contributed by atoms with Crippen molar-refractivity contribution in [1.82, 2.24) is 10.2 Å². The van der Waals surface area contributed by atoms with Crippen LogP contribution in [0.25, 0.3) is 0 Å². The summed E-state index contributed by atoms with van der Waals surface area (Å²) in [7, 11) is -18.0. The van der Waals surface area contributed by atoms with Gasteiger partial charge >= 0.3 is 0 Å². The van der Waals surface area contributed by atoms with Crippen molar-refractivity contribution < 1.29 is 66.0 Å². The fraction of sp³-hybridized carbons (Fsp3) is 0.400. The first-order valence-electron chi connectivity index (χ1n) is 21.3. The summed E-state index contributed by atoms with van der Waals surface area (Å²) in [5, 5.41) is 2.83. The van der Waals surface area contributed by atoms with Gasteiger partial charge in [-0.1, -0.05) is 57.6 Å². The molecule has 3 heterocycles. The highest BCUT2D eigenvalue weighted by Gasteiger charge is 2.45. The van der Waals surface area contributed by atoms with E-state index in [2.05, 4.69) is 11.9 Å². The van der Waals surface area contributed by atoms with Crippen molar-refractivity contribution in [2.24, 2.45) is 0 Å². The van der Waals surface area contributed by atoms with Crippen LogP contribution in [0.4, 0.5) is 11.4 Å². The summed E-state index contributed by atoms with van der Waals surface area (Å²) in [6, 6.07) is 7.98. The van der Waals surface area contributed by atoms with Crippen molar-refractivity contribution in [2.45, 2.75) is 86.8 Å². The van der Waals surface area contributed by atoms with Gasteiger partial charge in [0, 0.05) is 72.3 Å². The van der Waals surface area contributed by atoms with Crippen LogP contribution in [0.2, 0.25) is 0 Å². The SMILES string of the molecule is C=C1C=CC(=O)N1CCNC(=O)CCCCCCC(C=CC=C1N(CCS(=O)(=O)O)c2ccc(S(=O)(=O)O)cc2C1(C)C)=CC=CC1=[N+](CCS(=O)(=O)O)c2ccc(S(=O)(=O)O)cc2C1(C)C. The molecule has 22 heteroatoms. The lowest BCUT2D eigenvalue weighted by atomic mass is 9.81. The molecule has 0 spiro atoms. The van der Waals surface area contributed by atoms with E-state index in [1.165, 1.54) is 47.4 Å². The molecule has 0 saturated carbocycles. The lowest BCUT2D eigenvalue weighted by Gasteiger charge is -2.26. The number of hydrogen-bond donors (Lipinski definition) is 5. The first-order chi connectivity index (χ1) is 31.0. The highest BCUT2D eigenvalue weighted by molar-refractivity contribution is 7.86. The average molecular weight is 1010 g/mol. The average Bonchev–Trinajstić information content (AvgIpc) is 3.73. The monoisotopic (exact) mass is 1010 g/mol. The van der Waals surface area contributed by atoms with Crippen LogP contribution in [0.15, 0.2) is 118 Å². The van der Waals surface area contributed by atoms with Crippen LogP contribution >= 0.6 is 0 Å². The minimum Gasteiger partial charge on any atom is -0.354 e. The third-order valence-corrected chi connectivity index (χ3v) is 15.0. The smallest absolute Gasteiger partial charge is 0.294 e. The van der Waals surface area contributed by atoms with Crippen molar-refractivity contribution in [1.29, 1.82) is 0 Å². The third-order valence-electron chi connectivity index (χ3n) is 11.9. The molecule has 0 aromatic heterocycles. The number of nitrogens with zero attached hydrogens (tertiary/aromatic N) is 3. The Kier molecular flexibility index (Phi) is 16.3. The van der Waals surface area contributed by atoms with Gasteiger partial charge in [0.1, 0.15) is 5.75 Å². The molecule has 67 heavy (non-hydrogen) atoms. The first-order valence-corrected chi connectivity index (χ1v) is 27.4. The summed E-state index contributed by atoms with van der Waals surface area (Å²) in [5.41, 5.74) is 2.64. The maximum atomic E-state index is 12.5. The molecule has 364 valence electrons. The van der Waals surface area contributed by atoms with E-state index in [4.69, 9.17) is 0 Å². The third kappa shape index (κ3) is 13.6. The molecule has 0 fully saturated rings. The molecule has 18 nitrogen and oxygen atoms in total. The maximum Gasteiger partial charge on any atom is 0.294 e. The second kappa shape index (κ2) is 20.7. The highest BCUT2D eigenvalue weighted by atomic mass is 32.2. The maximum absolute atomic E-state index is 12.5. The summed E-state index contributed by atoms with van der Waals surface area (Å²) in [4.78, 5) is 26.9. The van der Waals surface area contributed by atoms with E-state index in [-0.39, 0.29) is 41.2 Å². The van der Waals surface area contributed by atoms with E-state index in [1.807, 2.05) is 12.2 Å². The van der Waals surface area contributed by atoms with Crippen LogP contribution in [0.1, 0.15) is 77.3 Å². The van der Waals surface area contributed by atoms with E-state index in [0.717, 1.165) is 18.4 Å². The molecule has 5 rings (SSSR count). The van der Waals surface area contributed by atoms with E-state index < -0.39 is 62.8 Å². The van der Waals surface area contributed by atoms with Crippen molar-refractivity contribution in [3.8, 4) is 0 Å². The molecule has 2 aromatic carbocycles. The number of nitrogens with one attached hydrogen (secondary N) is 1. The van der Waals surface area contributed by atoms with Gasteiger partial charge < -0.3 is 15.1 Å². The second-order valence-electron chi connectivity index (χ2n) is 17.4. The zero-order valence-corrected chi connectivity index (χ0v) is 40.9. The first kappa shape index (κ1) is 52.9. The van der Waals surface area contributed by atoms with E-state index in [0.29, 0.717) is 71.8 Å². The van der Waals surface area contributed by atoms with Gasteiger partial charge in [-0.15, -0.1) is 0 Å². The molecule has 2 amide bonds. The summed E-state index contributed by atoms with van der Waals surface area (Å²) in [5.74, 6) is -1.59. The largest absolute Gasteiger partial charge is 0.354 e. The molecule has 0 radical (unpaired) electrons. The molecule has 0 saturated heterocycles. The van der Waals surface area contributed by atoms with Crippen molar-refractivity contribution in [3.05, 3.63) is 120 Å².